The standard InChI is InChI=1S/C14H13N5O2S/c1-18-12(20)8-11(17-13(22-2)16-9-15)19(14(18)21)10-6-4-3-5-7-10/h3-8H,1-2H3,(H,16,17). The van der Waals surface area contributed by atoms with Crippen molar-refractivity contribution in [3.05, 3.63) is 57.2 Å². The van der Waals surface area contributed by atoms with E-state index in [0.717, 1.165) is 4.57 Å². The van der Waals surface area contributed by atoms with Gasteiger partial charge < -0.3 is 0 Å². The van der Waals surface area contributed by atoms with Crippen molar-refractivity contribution >= 4 is 22.7 Å². The van der Waals surface area contributed by atoms with Gasteiger partial charge in [0.15, 0.2) is 11.4 Å². The normalized spacial score (nSPS) is 11.0. The topological polar surface area (TPSA) is 92.2 Å². The van der Waals surface area contributed by atoms with Gasteiger partial charge in [0.2, 0.25) is 0 Å². The van der Waals surface area contributed by atoms with E-state index < -0.39 is 11.2 Å². The Morgan fingerprint density at radius 3 is 2.59 bits per heavy atom. The lowest BCUT2D eigenvalue weighted by molar-refractivity contribution is 0.730. The van der Waals surface area contributed by atoms with Gasteiger partial charge in [-0.15, -0.1) is 0 Å². The Balaban J connectivity index is 2.77. The zero-order chi connectivity index (χ0) is 16.1. The van der Waals surface area contributed by atoms with Crippen LogP contribution >= 0.6 is 11.8 Å². The van der Waals surface area contributed by atoms with Crippen molar-refractivity contribution in [3.63, 3.8) is 0 Å². The van der Waals surface area contributed by atoms with Gasteiger partial charge in [-0.2, -0.15) is 5.26 Å². The Morgan fingerprint density at radius 2 is 2.00 bits per heavy atom. The molecule has 0 unspecified atom stereocenters. The van der Waals surface area contributed by atoms with E-state index in [-0.39, 0.29) is 5.82 Å². The van der Waals surface area contributed by atoms with E-state index in [1.54, 1.807) is 36.7 Å². The second-order valence-corrected chi connectivity index (χ2v) is 5.01. The molecule has 0 aliphatic heterocycles. The summed E-state index contributed by atoms with van der Waals surface area (Å²) < 4.78 is 2.32. The van der Waals surface area contributed by atoms with Gasteiger partial charge in [-0.3, -0.25) is 14.7 Å². The summed E-state index contributed by atoms with van der Waals surface area (Å²) in [6.45, 7) is 0. The molecule has 0 bridgehead atoms. The molecular weight excluding hydrogens is 302 g/mol. The quantitative estimate of drug-likeness (QED) is 0.386. The summed E-state index contributed by atoms with van der Waals surface area (Å²) in [7, 11) is 1.40. The fourth-order valence-electron chi connectivity index (χ4n) is 1.79. The van der Waals surface area contributed by atoms with Crippen LogP contribution in [0.1, 0.15) is 0 Å². The Kier molecular flexibility index (Phi) is 4.80. The number of nitrogens with one attached hydrogen (secondary N) is 1. The number of benzene rings is 1. The minimum Gasteiger partial charge on any atom is -0.271 e. The lowest BCUT2D eigenvalue weighted by Gasteiger charge is -2.11. The van der Waals surface area contributed by atoms with Gasteiger partial charge in [0.05, 0.1) is 5.69 Å². The molecular formula is C14H13N5O2S. The predicted molar refractivity (Wildman–Crippen MR) is 86.6 cm³/mol. The summed E-state index contributed by atoms with van der Waals surface area (Å²) in [5, 5.41) is 11.4. The van der Waals surface area contributed by atoms with Crippen molar-refractivity contribution in [1.82, 2.24) is 14.5 Å². The zero-order valence-corrected chi connectivity index (χ0v) is 12.8. The van der Waals surface area contributed by atoms with E-state index in [4.69, 9.17) is 5.26 Å². The Morgan fingerprint density at radius 1 is 1.32 bits per heavy atom. The average Bonchev–Trinajstić information content (AvgIpc) is 2.53. The first-order valence-electron chi connectivity index (χ1n) is 6.24. The monoisotopic (exact) mass is 315 g/mol. The molecule has 0 saturated carbocycles. The van der Waals surface area contributed by atoms with E-state index in [2.05, 4.69) is 10.3 Å². The molecule has 0 aliphatic rings. The number of hydrogen-bond acceptors (Lipinski definition) is 5. The zero-order valence-electron chi connectivity index (χ0n) is 12.0. The van der Waals surface area contributed by atoms with Crippen LogP contribution in [0.2, 0.25) is 0 Å². The highest BCUT2D eigenvalue weighted by atomic mass is 32.2. The third kappa shape index (κ3) is 3.10. The van der Waals surface area contributed by atoms with E-state index in [1.807, 2.05) is 6.07 Å². The minimum absolute atomic E-state index is 0.159. The lowest BCUT2D eigenvalue weighted by atomic mass is 10.3. The van der Waals surface area contributed by atoms with Crippen molar-refractivity contribution in [2.75, 3.05) is 6.26 Å². The van der Waals surface area contributed by atoms with Gasteiger partial charge in [0.1, 0.15) is 5.82 Å². The van der Waals surface area contributed by atoms with Crippen molar-refractivity contribution in [1.29, 1.82) is 5.26 Å². The Hall–Kier alpha value is -2.79. The van der Waals surface area contributed by atoms with Crippen LogP contribution in [0.4, 0.5) is 5.82 Å². The highest BCUT2D eigenvalue weighted by Gasteiger charge is 2.11. The van der Waals surface area contributed by atoms with Crippen molar-refractivity contribution in [2.45, 2.75) is 0 Å². The second-order valence-electron chi connectivity index (χ2n) is 4.21. The van der Waals surface area contributed by atoms with Crippen LogP contribution in [0.5, 0.6) is 0 Å². The molecule has 0 spiro atoms. The van der Waals surface area contributed by atoms with E-state index in [1.165, 1.54) is 29.4 Å². The minimum atomic E-state index is -0.505. The number of aliphatic imine (C=N–C) groups is 1. The number of nitriles is 1. The highest BCUT2D eigenvalue weighted by Crippen LogP contribution is 2.15. The largest absolute Gasteiger partial charge is 0.337 e. The van der Waals surface area contributed by atoms with Gasteiger partial charge in [0, 0.05) is 13.1 Å². The summed E-state index contributed by atoms with van der Waals surface area (Å²) in [6, 6.07) is 10.1. The third-order valence-corrected chi connectivity index (χ3v) is 3.46. The van der Waals surface area contributed by atoms with Crippen LogP contribution in [0, 0.1) is 11.5 Å². The van der Waals surface area contributed by atoms with Crippen LogP contribution in [-0.4, -0.2) is 20.6 Å². The third-order valence-electron chi connectivity index (χ3n) is 2.88. The first kappa shape index (κ1) is 15.6. The molecule has 0 saturated heterocycles. The van der Waals surface area contributed by atoms with Gasteiger partial charge in [0.25, 0.3) is 5.56 Å². The summed E-state index contributed by atoms with van der Waals surface area (Å²) in [5.41, 5.74) is -0.387. The molecule has 0 aliphatic carbocycles. The van der Waals surface area contributed by atoms with E-state index >= 15 is 0 Å². The average molecular weight is 315 g/mol. The molecule has 7 nitrogen and oxygen atoms in total. The van der Waals surface area contributed by atoms with E-state index in [0.29, 0.717) is 10.9 Å². The molecule has 1 heterocycles. The second kappa shape index (κ2) is 6.78. The van der Waals surface area contributed by atoms with Crippen molar-refractivity contribution in [3.8, 4) is 11.9 Å². The number of nitrogens with zero attached hydrogens (tertiary/aromatic N) is 4. The summed E-state index contributed by atoms with van der Waals surface area (Å²) >= 11 is 1.20. The molecule has 2 aromatic rings. The van der Waals surface area contributed by atoms with Crippen molar-refractivity contribution < 1.29 is 0 Å². The van der Waals surface area contributed by atoms with Gasteiger partial charge >= 0.3 is 5.69 Å². The van der Waals surface area contributed by atoms with Gasteiger partial charge in [-0.1, -0.05) is 30.0 Å². The molecule has 1 N–H and O–H groups in total. The SMILES string of the molecule is CS/C(=N\c1cc(=O)n(C)c(=O)n1-c1ccccc1)NC#N. The van der Waals surface area contributed by atoms with Crippen molar-refractivity contribution in [2.24, 2.45) is 12.0 Å². The predicted octanol–water partition coefficient (Wildman–Crippen LogP) is 0.957. The lowest BCUT2D eigenvalue weighted by Crippen LogP contribution is -2.36. The number of rotatable bonds is 2. The van der Waals surface area contributed by atoms with Crippen LogP contribution in [0.3, 0.4) is 0 Å². The Bertz CT molecular complexity index is 862. The van der Waals surface area contributed by atoms with Gasteiger partial charge in [-0.05, 0) is 18.4 Å². The molecule has 22 heavy (non-hydrogen) atoms. The Labute approximate surface area is 130 Å². The molecule has 0 radical (unpaired) electrons. The number of thioether (sulfide) groups is 1. The first-order chi connectivity index (χ1) is 10.6. The van der Waals surface area contributed by atoms with Crippen LogP contribution < -0.4 is 16.6 Å². The number of aromatic nitrogens is 2. The molecule has 112 valence electrons. The fraction of sp³-hybridized carbons (Fsp3) is 0.143. The number of para-hydroxylation sites is 1. The first-order valence-corrected chi connectivity index (χ1v) is 7.47. The number of amidine groups is 1. The molecule has 0 fully saturated rings. The molecule has 8 heteroatoms. The fourth-order valence-corrected chi connectivity index (χ4v) is 2.13. The van der Waals surface area contributed by atoms with Crippen LogP contribution in [0.15, 0.2) is 51.0 Å². The van der Waals surface area contributed by atoms with Crippen LogP contribution in [0.25, 0.3) is 5.69 Å². The summed E-state index contributed by atoms with van der Waals surface area (Å²) in [4.78, 5) is 28.5. The molecule has 0 atom stereocenters. The molecule has 1 aromatic heterocycles. The van der Waals surface area contributed by atoms with E-state index in [9.17, 15) is 9.59 Å². The number of hydrogen-bond donors (Lipinski definition) is 1. The van der Waals surface area contributed by atoms with Crippen LogP contribution in [-0.2, 0) is 7.05 Å². The molecule has 2 rings (SSSR count). The molecule has 0 amide bonds. The summed E-state index contributed by atoms with van der Waals surface area (Å²) in [6.07, 6.45) is 3.50. The highest BCUT2D eigenvalue weighted by molar-refractivity contribution is 8.13. The smallest absolute Gasteiger partial charge is 0.271 e. The molecule has 1 aromatic carbocycles. The summed E-state index contributed by atoms with van der Waals surface area (Å²) in [5.74, 6) is 0.159. The van der Waals surface area contributed by atoms with Gasteiger partial charge in [-0.25, -0.2) is 14.4 Å². The maximum atomic E-state index is 12.4. The maximum Gasteiger partial charge on any atom is 0.337 e. The maximum absolute atomic E-state index is 12.4.